The van der Waals surface area contributed by atoms with Gasteiger partial charge < -0.3 is 0 Å². The summed E-state index contributed by atoms with van der Waals surface area (Å²) in [7, 11) is -3.64. The van der Waals surface area contributed by atoms with Crippen LogP contribution in [0.25, 0.3) is 0 Å². The van der Waals surface area contributed by atoms with Crippen molar-refractivity contribution in [2.24, 2.45) is 0 Å². The largest absolute Gasteiger partial charge is 0.268 e. The minimum absolute atomic E-state index is 0.189. The van der Waals surface area contributed by atoms with Crippen molar-refractivity contribution in [2.45, 2.75) is 31.2 Å². The molecule has 7 heteroatoms. The summed E-state index contributed by atoms with van der Waals surface area (Å²) in [6.45, 7) is 3.61. The van der Waals surface area contributed by atoms with Crippen LogP contribution in [-0.4, -0.2) is 18.6 Å². The SMILES string of the molecule is Cc1cc(Cc2ccc(S(=O)(=O)NC(C)c3ccccc3)cc2)c(=O)[nH]n1. The van der Waals surface area contributed by atoms with Crippen LogP contribution in [0.5, 0.6) is 0 Å². The highest BCUT2D eigenvalue weighted by Crippen LogP contribution is 2.18. The predicted molar refractivity (Wildman–Crippen MR) is 104 cm³/mol. The number of aryl methyl sites for hydroxylation is 1. The van der Waals surface area contributed by atoms with Crippen molar-refractivity contribution >= 4 is 10.0 Å². The summed E-state index contributed by atoms with van der Waals surface area (Å²) in [5.41, 5.74) is 2.82. The van der Waals surface area contributed by atoms with Crippen molar-refractivity contribution in [1.29, 1.82) is 0 Å². The Balaban J connectivity index is 1.76. The number of nitrogens with zero attached hydrogens (tertiary/aromatic N) is 1. The zero-order valence-electron chi connectivity index (χ0n) is 15.1. The van der Waals surface area contributed by atoms with E-state index in [2.05, 4.69) is 14.9 Å². The van der Waals surface area contributed by atoms with Gasteiger partial charge >= 0.3 is 0 Å². The van der Waals surface area contributed by atoms with Crippen LogP contribution in [0.1, 0.15) is 35.3 Å². The summed E-state index contributed by atoms with van der Waals surface area (Å²) in [6, 6.07) is 17.3. The Kier molecular flexibility index (Phi) is 5.53. The summed E-state index contributed by atoms with van der Waals surface area (Å²) in [5.74, 6) is 0. The van der Waals surface area contributed by atoms with E-state index in [1.54, 1.807) is 44.2 Å². The van der Waals surface area contributed by atoms with Crippen LogP contribution < -0.4 is 10.3 Å². The molecule has 140 valence electrons. The number of aromatic nitrogens is 2. The molecule has 1 unspecified atom stereocenters. The molecule has 0 saturated carbocycles. The molecule has 0 spiro atoms. The van der Waals surface area contributed by atoms with Crippen LogP contribution in [0.2, 0.25) is 0 Å². The van der Waals surface area contributed by atoms with Crippen LogP contribution in [0, 0.1) is 6.92 Å². The monoisotopic (exact) mass is 383 g/mol. The third-order valence-electron chi connectivity index (χ3n) is 4.27. The van der Waals surface area contributed by atoms with E-state index in [1.807, 2.05) is 30.3 Å². The quantitative estimate of drug-likeness (QED) is 0.685. The number of H-pyrrole nitrogens is 1. The molecule has 1 heterocycles. The molecule has 0 bridgehead atoms. The van der Waals surface area contributed by atoms with Gasteiger partial charge in [-0.15, -0.1) is 0 Å². The number of rotatable bonds is 6. The lowest BCUT2D eigenvalue weighted by Crippen LogP contribution is -2.26. The number of sulfonamides is 1. The van der Waals surface area contributed by atoms with Crippen molar-refractivity contribution in [3.05, 3.63) is 93.4 Å². The van der Waals surface area contributed by atoms with E-state index in [1.165, 1.54) is 0 Å². The maximum absolute atomic E-state index is 12.6. The minimum atomic E-state index is -3.64. The van der Waals surface area contributed by atoms with Crippen molar-refractivity contribution < 1.29 is 8.42 Å². The van der Waals surface area contributed by atoms with Gasteiger partial charge in [-0.2, -0.15) is 5.10 Å². The first kappa shape index (κ1) is 19.0. The Hall–Kier alpha value is -2.77. The van der Waals surface area contributed by atoms with E-state index in [-0.39, 0.29) is 16.5 Å². The molecule has 0 aliphatic carbocycles. The van der Waals surface area contributed by atoms with E-state index in [0.29, 0.717) is 12.0 Å². The Morgan fingerprint density at radius 1 is 1.07 bits per heavy atom. The molecule has 1 atom stereocenters. The molecule has 0 aliphatic heterocycles. The first-order valence-corrected chi connectivity index (χ1v) is 10.0. The average molecular weight is 383 g/mol. The zero-order chi connectivity index (χ0) is 19.4. The van der Waals surface area contributed by atoms with E-state index < -0.39 is 10.0 Å². The minimum Gasteiger partial charge on any atom is -0.268 e. The topological polar surface area (TPSA) is 91.9 Å². The molecule has 0 saturated heterocycles. The van der Waals surface area contributed by atoms with Gasteiger partial charge in [0.2, 0.25) is 10.0 Å². The smallest absolute Gasteiger partial charge is 0.267 e. The Morgan fingerprint density at radius 2 is 1.74 bits per heavy atom. The Labute approximate surface area is 158 Å². The molecule has 0 fully saturated rings. The van der Waals surface area contributed by atoms with Gasteiger partial charge in [-0.3, -0.25) is 4.79 Å². The summed E-state index contributed by atoms with van der Waals surface area (Å²) >= 11 is 0. The highest BCUT2D eigenvalue weighted by atomic mass is 32.2. The molecule has 0 radical (unpaired) electrons. The van der Waals surface area contributed by atoms with Crippen LogP contribution >= 0.6 is 0 Å². The van der Waals surface area contributed by atoms with Gasteiger partial charge in [0.05, 0.1) is 10.6 Å². The summed E-state index contributed by atoms with van der Waals surface area (Å²) in [5, 5.41) is 6.30. The number of hydrogen-bond acceptors (Lipinski definition) is 4. The number of aromatic amines is 1. The number of nitrogens with one attached hydrogen (secondary N) is 2. The first-order chi connectivity index (χ1) is 12.8. The average Bonchev–Trinajstić information content (AvgIpc) is 2.65. The molecular weight excluding hydrogens is 362 g/mol. The summed E-state index contributed by atoms with van der Waals surface area (Å²) in [4.78, 5) is 12.0. The Morgan fingerprint density at radius 3 is 2.41 bits per heavy atom. The van der Waals surface area contributed by atoms with Crippen molar-refractivity contribution in [2.75, 3.05) is 0 Å². The van der Waals surface area contributed by atoms with Gasteiger partial charge in [0.25, 0.3) is 5.56 Å². The van der Waals surface area contributed by atoms with Gasteiger partial charge in [-0.1, -0.05) is 42.5 Å². The second-order valence-electron chi connectivity index (χ2n) is 6.44. The standard InChI is InChI=1S/C20H21N3O3S/c1-14-12-18(20(24)22-21-14)13-16-8-10-19(11-9-16)27(25,26)23-15(2)17-6-4-3-5-7-17/h3-12,15,23H,13H2,1-2H3,(H,22,24). The van der Waals surface area contributed by atoms with E-state index in [9.17, 15) is 13.2 Å². The molecule has 6 nitrogen and oxygen atoms in total. The third kappa shape index (κ3) is 4.69. The predicted octanol–water partition coefficient (Wildman–Crippen LogP) is 2.71. The second kappa shape index (κ2) is 7.85. The molecule has 27 heavy (non-hydrogen) atoms. The van der Waals surface area contributed by atoms with E-state index in [0.717, 1.165) is 16.8 Å². The molecular formula is C20H21N3O3S. The normalized spacial score (nSPS) is 12.7. The van der Waals surface area contributed by atoms with Gasteiger partial charge in [-0.25, -0.2) is 18.2 Å². The maximum Gasteiger partial charge on any atom is 0.267 e. The number of hydrogen-bond donors (Lipinski definition) is 2. The van der Waals surface area contributed by atoms with E-state index >= 15 is 0 Å². The van der Waals surface area contributed by atoms with Crippen LogP contribution in [0.3, 0.4) is 0 Å². The van der Waals surface area contributed by atoms with Crippen molar-refractivity contribution in [3.8, 4) is 0 Å². The summed E-state index contributed by atoms with van der Waals surface area (Å²) in [6.07, 6.45) is 0.410. The number of benzene rings is 2. The molecule has 0 aliphatic rings. The lowest BCUT2D eigenvalue weighted by atomic mass is 10.1. The highest BCUT2D eigenvalue weighted by Gasteiger charge is 2.18. The molecule has 0 amide bonds. The van der Waals surface area contributed by atoms with E-state index in [4.69, 9.17) is 0 Å². The highest BCUT2D eigenvalue weighted by molar-refractivity contribution is 7.89. The lowest BCUT2D eigenvalue weighted by Gasteiger charge is -2.15. The fourth-order valence-electron chi connectivity index (χ4n) is 2.81. The van der Waals surface area contributed by atoms with Crippen LogP contribution in [-0.2, 0) is 16.4 Å². The second-order valence-corrected chi connectivity index (χ2v) is 8.15. The maximum atomic E-state index is 12.6. The van der Waals surface area contributed by atoms with Gasteiger partial charge in [0, 0.05) is 18.0 Å². The summed E-state index contributed by atoms with van der Waals surface area (Å²) < 4.78 is 27.9. The lowest BCUT2D eigenvalue weighted by molar-refractivity contribution is 0.567. The molecule has 2 aromatic carbocycles. The van der Waals surface area contributed by atoms with Gasteiger partial charge in [0.15, 0.2) is 0 Å². The third-order valence-corrected chi connectivity index (χ3v) is 5.82. The molecule has 3 rings (SSSR count). The van der Waals surface area contributed by atoms with Crippen molar-refractivity contribution in [3.63, 3.8) is 0 Å². The first-order valence-electron chi connectivity index (χ1n) is 8.56. The zero-order valence-corrected chi connectivity index (χ0v) is 16.0. The van der Waals surface area contributed by atoms with Gasteiger partial charge in [-0.05, 0) is 43.2 Å². The molecule has 3 aromatic rings. The Bertz CT molecular complexity index is 1080. The van der Waals surface area contributed by atoms with Crippen LogP contribution in [0.4, 0.5) is 0 Å². The fraction of sp³-hybridized carbons (Fsp3) is 0.200. The van der Waals surface area contributed by atoms with Crippen molar-refractivity contribution in [1.82, 2.24) is 14.9 Å². The molecule has 1 aromatic heterocycles. The van der Waals surface area contributed by atoms with Crippen LogP contribution in [0.15, 0.2) is 70.4 Å². The fourth-order valence-corrected chi connectivity index (χ4v) is 4.04. The molecule has 2 N–H and O–H groups in total. The van der Waals surface area contributed by atoms with Gasteiger partial charge in [0.1, 0.15) is 0 Å².